The number of methoxy groups -OCH3 is 1. The van der Waals surface area contributed by atoms with E-state index in [1.165, 1.54) is 16.9 Å². The molecular weight excluding hydrogens is 816 g/mol. The molecule has 2 aromatic heterocycles. The number of hydrogen-bond acceptors (Lipinski definition) is 8. The zero-order chi connectivity index (χ0) is 39.5. The van der Waals surface area contributed by atoms with Gasteiger partial charge in [-0.3, -0.25) is 28.8 Å². The molecule has 2 aliphatic carbocycles. The lowest BCUT2D eigenvalue weighted by atomic mass is 9.51. The van der Waals surface area contributed by atoms with Gasteiger partial charge in [-0.25, -0.2) is 4.90 Å². The van der Waals surface area contributed by atoms with Gasteiger partial charge in [0.25, 0.3) is 0 Å². The zero-order valence-corrected chi connectivity index (χ0v) is 34.5. The zero-order valence-electron chi connectivity index (χ0n) is 31.3. The predicted molar refractivity (Wildman–Crippen MR) is 219 cm³/mol. The van der Waals surface area contributed by atoms with Gasteiger partial charge in [0.2, 0.25) is 23.6 Å². The third kappa shape index (κ3) is 5.14. The number of halogens is 2. The van der Waals surface area contributed by atoms with Gasteiger partial charge in [-0.05, 0) is 98.0 Å². The van der Waals surface area contributed by atoms with Crippen LogP contribution in [-0.4, -0.2) is 45.6 Å². The summed E-state index contributed by atoms with van der Waals surface area (Å²) in [4.78, 5) is 62.3. The number of ether oxygens (including phenoxy) is 1. The van der Waals surface area contributed by atoms with E-state index in [-0.39, 0.29) is 36.2 Å². The summed E-state index contributed by atoms with van der Waals surface area (Å²) >= 11 is 11.5. The Balaban J connectivity index is 1.17. The average molecular weight is 854 g/mol. The maximum atomic E-state index is 15.2. The van der Waals surface area contributed by atoms with Crippen LogP contribution in [0.3, 0.4) is 0 Å². The van der Waals surface area contributed by atoms with Crippen molar-refractivity contribution in [1.82, 2.24) is 9.78 Å². The number of anilines is 2. The van der Waals surface area contributed by atoms with Crippen molar-refractivity contribution in [1.29, 1.82) is 0 Å². The Kier molecular flexibility index (Phi) is 8.64. The average Bonchev–Trinajstić information content (AvgIpc) is 3.85. The van der Waals surface area contributed by atoms with Crippen molar-refractivity contribution in [2.75, 3.05) is 16.9 Å². The van der Waals surface area contributed by atoms with Crippen molar-refractivity contribution < 1.29 is 29.0 Å². The van der Waals surface area contributed by atoms with E-state index in [4.69, 9.17) is 21.4 Å². The largest absolute Gasteiger partial charge is 0.504 e. The molecule has 4 heterocycles. The van der Waals surface area contributed by atoms with Crippen LogP contribution in [0.1, 0.15) is 49.3 Å². The number of fused-ring (bicyclic) bond motifs is 5. The first-order valence-corrected chi connectivity index (χ1v) is 20.6. The van der Waals surface area contributed by atoms with Gasteiger partial charge in [-0.15, -0.1) is 11.3 Å². The van der Waals surface area contributed by atoms with Crippen LogP contribution < -0.4 is 14.5 Å². The minimum Gasteiger partial charge on any atom is -0.504 e. The highest BCUT2D eigenvalue weighted by Gasteiger charge is 2.68. The third-order valence-corrected chi connectivity index (χ3v) is 14.7. The summed E-state index contributed by atoms with van der Waals surface area (Å²) in [5, 5.41) is 18.2. The van der Waals surface area contributed by atoms with Crippen molar-refractivity contribution >= 4 is 84.1 Å². The molecule has 3 fully saturated rings. The Labute approximate surface area is 340 Å². The number of aromatic hydroxyl groups is 1. The fourth-order valence-electron chi connectivity index (χ4n) is 9.90. The number of aryl methyl sites for hydroxylation is 3. The van der Waals surface area contributed by atoms with E-state index in [0.717, 1.165) is 38.1 Å². The normalized spacial score (nSPS) is 25.8. The number of imide groups is 2. The van der Waals surface area contributed by atoms with Gasteiger partial charge in [-0.2, -0.15) is 5.10 Å². The molecule has 5 aromatic rings. The van der Waals surface area contributed by atoms with Gasteiger partial charge in [0.15, 0.2) is 11.5 Å². The van der Waals surface area contributed by atoms with Crippen LogP contribution in [0.4, 0.5) is 11.5 Å². The molecule has 2 saturated heterocycles. The van der Waals surface area contributed by atoms with Crippen LogP contribution in [0.25, 0.3) is 20.7 Å². The number of nitrogens with zero attached hydrogens (tertiary/aromatic N) is 4. The molecule has 0 spiro atoms. The summed E-state index contributed by atoms with van der Waals surface area (Å²) in [6.07, 6.45) is 3.25. The number of thiophene rings is 1. The quantitative estimate of drug-likeness (QED) is 0.134. The molecular formula is C43H38BrClN4O6S. The molecule has 9 rings (SSSR count). The monoisotopic (exact) mass is 852 g/mol. The van der Waals surface area contributed by atoms with Crippen LogP contribution in [0.2, 0.25) is 5.02 Å². The summed E-state index contributed by atoms with van der Waals surface area (Å²) in [7, 11) is 3.16. The Morgan fingerprint density at radius 3 is 2.46 bits per heavy atom. The highest BCUT2D eigenvalue weighted by atomic mass is 79.9. The van der Waals surface area contributed by atoms with E-state index in [0.29, 0.717) is 32.3 Å². The smallest absolute Gasteiger partial charge is 0.242 e. The van der Waals surface area contributed by atoms with Gasteiger partial charge in [0.1, 0.15) is 11.5 Å². The molecule has 286 valence electrons. The van der Waals surface area contributed by atoms with Gasteiger partial charge >= 0.3 is 0 Å². The topological polar surface area (TPSA) is 122 Å². The Morgan fingerprint density at radius 2 is 1.75 bits per heavy atom. The fourth-order valence-corrected chi connectivity index (χ4v) is 11.7. The number of aromatic nitrogens is 2. The maximum Gasteiger partial charge on any atom is 0.242 e. The summed E-state index contributed by atoms with van der Waals surface area (Å²) in [5.41, 5.74) is 2.99. The number of hydrogen-bond donors (Lipinski definition) is 1. The van der Waals surface area contributed by atoms with E-state index in [1.54, 1.807) is 48.2 Å². The number of phenols is 1. The molecule has 6 atom stereocenters. The molecule has 0 bridgehead atoms. The number of benzene rings is 3. The van der Waals surface area contributed by atoms with Crippen molar-refractivity contribution in [2.45, 2.75) is 46.0 Å². The predicted octanol–water partition coefficient (Wildman–Crippen LogP) is 8.74. The van der Waals surface area contributed by atoms with E-state index < -0.39 is 46.8 Å². The lowest BCUT2D eigenvalue weighted by Gasteiger charge is -2.49. The minimum absolute atomic E-state index is 0.155. The third-order valence-electron chi connectivity index (χ3n) is 12.7. The number of carbonyl (C=O) groups excluding carboxylic acids is 4. The van der Waals surface area contributed by atoms with E-state index >= 15 is 4.79 Å². The first-order chi connectivity index (χ1) is 26.8. The fraction of sp³-hybridized carbons (Fsp3) is 0.326. The molecule has 4 amide bonds. The van der Waals surface area contributed by atoms with E-state index in [2.05, 4.69) is 15.9 Å². The molecule has 1 N–H and O–H groups in total. The minimum atomic E-state index is -1.38. The van der Waals surface area contributed by atoms with Crippen molar-refractivity contribution in [3.05, 3.63) is 98.5 Å². The Bertz CT molecular complexity index is 2580. The second-order valence-corrected chi connectivity index (χ2v) is 17.9. The maximum absolute atomic E-state index is 15.2. The lowest BCUT2D eigenvalue weighted by molar-refractivity contribution is -0.131. The van der Waals surface area contributed by atoms with Gasteiger partial charge in [-0.1, -0.05) is 58.2 Å². The number of amides is 4. The molecule has 0 unspecified atom stereocenters. The van der Waals surface area contributed by atoms with Crippen molar-refractivity contribution in [3.8, 4) is 22.1 Å². The van der Waals surface area contributed by atoms with Crippen molar-refractivity contribution in [3.63, 3.8) is 0 Å². The molecule has 2 aliphatic heterocycles. The first-order valence-electron chi connectivity index (χ1n) is 18.6. The van der Waals surface area contributed by atoms with Crippen LogP contribution in [0, 0.1) is 36.0 Å². The molecule has 4 aliphatic rings. The summed E-state index contributed by atoms with van der Waals surface area (Å²) in [6, 6.07) is 18.4. The molecule has 1 saturated carbocycles. The lowest BCUT2D eigenvalue weighted by Crippen LogP contribution is -2.49. The Hall–Kier alpha value is -4.78. The van der Waals surface area contributed by atoms with Crippen LogP contribution in [0.5, 0.6) is 11.5 Å². The van der Waals surface area contributed by atoms with Crippen molar-refractivity contribution in [2.24, 2.45) is 36.1 Å². The molecule has 10 nitrogen and oxygen atoms in total. The van der Waals surface area contributed by atoms with Crippen LogP contribution in [-0.2, 0) is 32.6 Å². The highest BCUT2D eigenvalue weighted by Crippen LogP contribution is 2.65. The number of allylic oxidation sites excluding steroid dienone is 2. The van der Waals surface area contributed by atoms with E-state index in [9.17, 15) is 19.5 Å². The SMILES string of the molecule is CCc1ccc(N2C(=O)[C@H]3[C@H](CC=C4[C@H]3C[C@H]3C(=O)N(c5cc(-c6sc7ccc(Cl)cc7c6C)nn5C)C(=O)[C@@]3(C)[C@H]4c3cc(Br)cc(OC)c3O)C2=O)cc1. The van der Waals surface area contributed by atoms with E-state index in [1.807, 2.05) is 62.4 Å². The van der Waals surface area contributed by atoms with Crippen LogP contribution >= 0.6 is 38.9 Å². The molecule has 13 heteroatoms. The summed E-state index contributed by atoms with van der Waals surface area (Å²) in [6.45, 7) is 5.84. The number of rotatable bonds is 6. The molecule has 56 heavy (non-hydrogen) atoms. The van der Waals surface area contributed by atoms with Gasteiger partial charge < -0.3 is 9.84 Å². The van der Waals surface area contributed by atoms with Gasteiger partial charge in [0.05, 0.1) is 40.8 Å². The molecule has 0 radical (unpaired) electrons. The van der Waals surface area contributed by atoms with Gasteiger partial charge in [0, 0.05) is 38.8 Å². The number of carbonyl (C=O) groups is 4. The summed E-state index contributed by atoms with van der Waals surface area (Å²) < 4.78 is 8.77. The highest BCUT2D eigenvalue weighted by molar-refractivity contribution is 9.10. The molecule has 3 aromatic carbocycles. The Morgan fingerprint density at radius 1 is 1.00 bits per heavy atom. The second-order valence-electron chi connectivity index (χ2n) is 15.4. The second kappa shape index (κ2) is 13.1. The van der Waals surface area contributed by atoms with Crippen LogP contribution in [0.15, 0.2) is 76.8 Å². The number of phenolic OH excluding ortho intramolecular Hbond substituents is 1. The summed E-state index contributed by atoms with van der Waals surface area (Å²) in [5.74, 6) is -4.72. The first kappa shape index (κ1) is 36.8. The standard InChI is InChI=1S/C43H38BrClN4O6S/c1-6-21-7-10-24(11-8-21)48-39(51)26-13-12-25-28(35(26)41(48)53)18-30-40(52)49(42(54)43(30,3)36(25)29-15-22(44)16-32(55-5)37(29)50)34-19-31(46-47(34)4)38-20(2)27-17-23(45)9-14-33(27)56-38/h7-12,14-17,19,26,28,30,35-36,50H,6,13,18H2,1-5H3/t26-,28+,30-,35-,36+,43+/m0/s1.